The second-order valence-electron chi connectivity index (χ2n) is 10.7. The number of azide groups is 2. The first-order valence-corrected chi connectivity index (χ1v) is 14.9. The summed E-state index contributed by atoms with van der Waals surface area (Å²) < 4.78 is 25.7. The smallest absolute Gasteiger partial charge is 0.252 e. The van der Waals surface area contributed by atoms with Crippen LogP contribution in [0, 0.1) is 5.82 Å². The predicted molar refractivity (Wildman–Crippen MR) is 174 cm³/mol. The fourth-order valence-corrected chi connectivity index (χ4v) is 5.33. The van der Waals surface area contributed by atoms with E-state index in [2.05, 4.69) is 25.4 Å². The maximum absolute atomic E-state index is 14.5. The van der Waals surface area contributed by atoms with Crippen LogP contribution in [0.15, 0.2) is 112 Å². The Morgan fingerprint density at radius 2 is 1.64 bits per heavy atom. The summed E-state index contributed by atoms with van der Waals surface area (Å²) in [4.78, 5) is 25.4. The van der Waals surface area contributed by atoms with Crippen LogP contribution in [-0.4, -0.2) is 42.2 Å². The molecule has 0 fully saturated rings. The highest BCUT2D eigenvalue weighted by atomic mass is 19.1. The van der Waals surface area contributed by atoms with Crippen LogP contribution in [0.25, 0.3) is 20.9 Å². The van der Waals surface area contributed by atoms with E-state index >= 15 is 0 Å². The average molecular weight is 635 g/mol. The molecule has 5 rings (SSSR count). The minimum atomic E-state index is -1.66. The van der Waals surface area contributed by atoms with Gasteiger partial charge in [0, 0.05) is 58.3 Å². The second-order valence-corrected chi connectivity index (χ2v) is 10.7. The molecule has 0 unspecified atom stereocenters. The zero-order valence-corrected chi connectivity index (χ0v) is 25.2. The van der Waals surface area contributed by atoms with E-state index in [0.717, 1.165) is 5.56 Å². The largest absolute Gasteiger partial charge is 0.494 e. The summed E-state index contributed by atoms with van der Waals surface area (Å²) in [7, 11) is 0. The first-order chi connectivity index (χ1) is 23.0. The van der Waals surface area contributed by atoms with E-state index in [1.54, 1.807) is 84.9 Å². The Morgan fingerprint density at radius 1 is 0.957 bits per heavy atom. The molecule has 0 bridgehead atoms. The van der Waals surface area contributed by atoms with E-state index in [4.69, 9.17) is 19.6 Å². The van der Waals surface area contributed by atoms with Crippen molar-refractivity contribution in [1.29, 1.82) is 0 Å². The Labute approximate surface area is 269 Å². The number of hydrogen-bond donors (Lipinski definition) is 2. The molecule has 0 aliphatic carbocycles. The summed E-state index contributed by atoms with van der Waals surface area (Å²) in [6.07, 6.45) is -0.192. The molecule has 1 heterocycles. The van der Waals surface area contributed by atoms with Gasteiger partial charge in [0.15, 0.2) is 11.6 Å². The monoisotopic (exact) mass is 634 g/mol. The van der Waals surface area contributed by atoms with Gasteiger partial charge in [-0.05, 0) is 65.0 Å². The average Bonchev–Trinajstić information content (AvgIpc) is 3.47. The lowest BCUT2D eigenvalue weighted by Crippen LogP contribution is -2.50. The summed E-state index contributed by atoms with van der Waals surface area (Å²) in [5.41, 5.74) is 19.9. The van der Waals surface area contributed by atoms with Crippen LogP contribution in [0.2, 0.25) is 0 Å². The van der Waals surface area contributed by atoms with E-state index in [1.165, 1.54) is 12.1 Å². The summed E-state index contributed by atoms with van der Waals surface area (Å²) in [5, 5.41) is 19.8. The number of aliphatic imine (C=N–C) groups is 1. The van der Waals surface area contributed by atoms with Crippen LogP contribution in [0.3, 0.4) is 0 Å². The molecule has 0 radical (unpaired) electrons. The molecule has 13 heteroatoms. The van der Waals surface area contributed by atoms with Crippen LogP contribution in [0.5, 0.6) is 5.75 Å². The van der Waals surface area contributed by atoms with Crippen LogP contribution in [-0.2, 0) is 22.4 Å². The number of aliphatic hydroxyl groups excluding tert-OH is 1. The molecule has 1 amide bonds. The van der Waals surface area contributed by atoms with Crippen molar-refractivity contribution in [2.75, 3.05) is 19.8 Å². The zero-order valence-electron chi connectivity index (χ0n) is 25.2. The third kappa shape index (κ3) is 7.69. The summed E-state index contributed by atoms with van der Waals surface area (Å²) in [5.74, 6) is -0.0801. The highest BCUT2D eigenvalue weighted by Gasteiger charge is 2.54. The molecule has 4 aromatic carbocycles. The third-order valence-corrected chi connectivity index (χ3v) is 7.62. The fraction of sp³-hybridized carbons (Fsp3) is 0.235. The van der Waals surface area contributed by atoms with Gasteiger partial charge < -0.3 is 19.9 Å². The van der Waals surface area contributed by atoms with Crippen LogP contribution >= 0.6 is 0 Å². The predicted octanol–water partition coefficient (Wildman–Crippen LogP) is 7.33. The van der Waals surface area contributed by atoms with E-state index < -0.39 is 17.6 Å². The number of carbonyl (C=O) groups is 1. The van der Waals surface area contributed by atoms with Crippen LogP contribution < -0.4 is 10.1 Å². The van der Waals surface area contributed by atoms with Gasteiger partial charge in [-0.15, -0.1) is 0 Å². The van der Waals surface area contributed by atoms with Crippen molar-refractivity contribution in [3.8, 4) is 5.75 Å². The summed E-state index contributed by atoms with van der Waals surface area (Å²) >= 11 is 0. The molecule has 238 valence electrons. The Morgan fingerprint density at radius 3 is 2.36 bits per heavy atom. The Balaban J connectivity index is 1.60. The number of benzene rings is 4. The number of ether oxygens (including phenoxy) is 2. The van der Waals surface area contributed by atoms with Gasteiger partial charge in [0.2, 0.25) is 5.90 Å². The van der Waals surface area contributed by atoms with Crippen LogP contribution in [0.4, 0.5) is 15.8 Å². The lowest BCUT2D eigenvalue weighted by molar-refractivity contribution is -0.128. The first kappa shape index (κ1) is 32.5. The van der Waals surface area contributed by atoms with Gasteiger partial charge in [0.05, 0.1) is 6.61 Å². The van der Waals surface area contributed by atoms with Crippen molar-refractivity contribution in [1.82, 2.24) is 5.32 Å². The molecule has 12 nitrogen and oxygen atoms in total. The molecule has 2 atom stereocenters. The Hall–Kier alpha value is -5.87. The maximum atomic E-state index is 14.5. The summed E-state index contributed by atoms with van der Waals surface area (Å²) in [6, 6.07) is 26.7. The molecular formula is C34H31FN8O4. The Kier molecular flexibility index (Phi) is 10.7. The van der Waals surface area contributed by atoms with Gasteiger partial charge >= 0.3 is 0 Å². The van der Waals surface area contributed by atoms with Gasteiger partial charge in [-0.25, -0.2) is 9.38 Å². The lowest BCUT2D eigenvalue weighted by Gasteiger charge is -2.31. The van der Waals surface area contributed by atoms with Gasteiger partial charge in [-0.3, -0.25) is 4.79 Å². The summed E-state index contributed by atoms with van der Waals surface area (Å²) in [6.45, 7) is 0.565. The molecule has 0 saturated heterocycles. The fourth-order valence-electron chi connectivity index (χ4n) is 5.33. The number of aliphatic hydroxyl groups is 1. The van der Waals surface area contributed by atoms with E-state index in [0.29, 0.717) is 47.6 Å². The number of halogens is 1. The SMILES string of the molecule is [N-]=[N+]=Nc1ccccc1C[C@@]1(C(=O)NCCc2ccc(F)cc2)N=C(c2ccc(OCCCO)cc2)O[C@@H]1c1ccccc1N=[N+]=[N-]. The normalized spacial score (nSPS) is 16.6. The topological polar surface area (TPSA) is 178 Å². The molecular weight excluding hydrogens is 603 g/mol. The van der Waals surface area contributed by atoms with Gasteiger partial charge in [-0.1, -0.05) is 70.9 Å². The molecule has 1 aliphatic heterocycles. The van der Waals surface area contributed by atoms with Crippen molar-refractivity contribution in [3.05, 3.63) is 146 Å². The maximum Gasteiger partial charge on any atom is 0.252 e. The minimum Gasteiger partial charge on any atom is -0.494 e. The lowest BCUT2D eigenvalue weighted by atomic mass is 9.81. The van der Waals surface area contributed by atoms with Crippen molar-refractivity contribution >= 4 is 23.2 Å². The molecule has 47 heavy (non-hydrogen) atoms. The quantitative estimate of drug-likeness (QED) is 0.0639. The highest BCUT2D eigenvalue weighted by molar-refractivity contribution is 6.01. The molecule has 0 aromatic heterocycles. The number of hydrogen-bond acceptors (Lipinski definition) is 7. The number of carbonyl (C=O) groups excluding carboxylic acids is 1. The van der Waals surface area contributed by atoms with Gasteiger partial charge in [0.25, 0.3) is 5.91 Å². The molecule has 2 N–H and O–H groups in total. The first-order valence-electron chi connectivity index (χ1n) is 14.9. The highest BCUT2D eigenvalue weighted by Crippen LogP contribution is 2.46. The van der Waals surface area contributed by atoms with Crippen molar-refractivity contribution in [2.24, 2.45) is 15.2 Å². The van der Waals surface area contributed by atoms with E-state index in [-0.39, 0.29) is 37.0 Å². The molecule has 1 aliphatic rings. The van der Waals surface area contributed by atoms with E-state index in [9.17, 15) is 20.2 Å². The Bertz CT molecular complexity index is 1840. The van der Waals surface area contributed by atoms with Crippen molar-refractivity contribution in [3.63, 3.8) is 0 Å². The number of rotatable bonds is 14. The van der Waals surface area contributed by atoms with E-state index in [1.807, 2.05) is 0 Å². The molecule has 4 aromatic rings. The zero-order chi connectivity index (χ0) is 33.1. The number of amides is 1. The second kappa shape index (κ2) is 15.4. The molecule has 0 spiro atoms. The van der Waals surface area contributed by atoms with Crippen LogP contribution in [0.1, 0.15) is 34.8 Å². The van der Waals surface area contributed by atoms with Crippen molar-refractivity contribution in [2.45, 2.75) is 30.9 Å². The van der Waals surface area contributed by atoms with Gasteiger partial charge in [-0.2, -0.15) is 0 Å². The minimum absolute atomic E-state index is 0.0122. The number of nitrogens with one attached hydrogen (secondary N) is 1. The molecule has 0 saturated carbocycles. The van der Waals surface area contributed by atoms with Crippen molar-refractivity contribution < 1.29 is 23.8 Å². The van der Waals surface area contributed by atoms with Gasteiger partial charge in [0.1, 0.15) is 11.6 Å². The third-order valence-electron chi connectivity index (χ3n) is 7.62. The standard InChI is InChI=1S/C34H31FN8O4/c35-26-14-10-23(11-15-26)18-19-38-33(45)34(22-25-6-1-3-8-29(25)40-42-36)31(28-7-2-4-9-30(28)41-43-37)47-32(39-34)24-12-16-27(17-13-24)46-21-5-20-44/h1-4,6-17,31,44H,5,18-22H2,(H,38,45)/t31-,34-/m1/s1. The number of nitrogens with zero attached hydrogens (tertiary/aromatic N) is 7.